The van der Waals surface area contributed by atoms with Gasteiger partial charge in [0.2, 0.25) is 0 Å². The minimum absolute atomic E-state index is 0.370. The average molecular weight is 302 g/mol. The molecule has 1 saturated heterocycles. The molecule has 118 valence electrons. The number of hydrogen-bond donors (Lipinski definition) is 1. The molecule has 0 spiro atoms. The molecule has 1 aromatic carbocycles. The van der Waals surface area contributed by atoms with Gasteiger partial charge in [-0.05, 0) is 19.4 Å². The van der Waals surface area contributed by atoms with Crippen molar-refractivity contribution < 1.29 is 9.47 Å². The lowest BCUT2D eigenvalue weighted by molar-refractivity contribution is 0.262. The van der Waals surface area contributed by atoms with Gasteiger partial charge in [-0.1, -0.05) is 0 Å². The zero-order valence-corrected chi connectivity index (χ0v) is 13.3. The summed E-state index contributed by atoms with van der Waals surface area (Å²) in [4.78, 5) is 6.13. The maximum Gasteiger partial charge on any atom is 0.163 e. The Morgan fingerprint density at radius 2 is 2.27 bits per heavy atom. The number of rotatable bonds is 6. The van der Waals surface area contributed by atoms with Gasteiger partial charge in [0.05, 0.1) is 24.7 Å². The van der Waals surface area contributed by atoms with Gasteiger partial charge in [0.1, 0.15) is 12.7 Å². The topological polar surface area (TPSA) is 69.9 Å². The van der Waals surface area contributed by atoms with Crippen molar-refractivity contribution in [1.29, 1.82) is 5.26 Å². The van der Waals surface area contributed by atoms with Crippen molar-refractivity contribution in [3.05, 3.63) is 17.7 Å². The Balaban J connectivity index is 2.22. The van der Waals surface area contributed by atoms with Crippen LogP contribution in [0.2, 0.25) is 0 Å². The van der Waals surface area contributed by atoms with Crippen LogP contribution in [0.5, 0.6) is 11.5 Å². The Hall–Kier alpha value is -2.26. The molecular formula is C16H22N4O2. The standard InChI is InChI=1S/C16H22N4O2/c1-20(2)11-19-14-8-16(15(21-3)7-12(14)9-17)22-10-13-5-4-6-18-13/h7-8,11,13,18H,4-6,10H2,1-3H3/b19-11-/t13-/m1/s1. The van der Waals surface area contributed by atoms with Crippen LogP contribution in [0.25, 0.3) is 0 Å². The highest BCUT2D eigenvalue weighted by Gasteiger charge is 2.17. The molecule has 0 amide bonds. The second-order valence-electron chi connectivity index (χ2n) is 5.44. The van der Waals surface area contributed by atoms with E-state index in [1.807, 2.05) is 19.0 Å². The SMILES string of the molecule is COc1cc(C#N)c(/N=C\N(C)C)cc1OC[C@H]1CCCN1. The summed E-state index contributed by atoms with van der Waals surface area (Å²) in [7, 11) is 5.32. The Morgan fingerprint density at radius 1 is 1.45 bits per heavy atom. The van der Waals surface area contributed by atoms with Crippen LogP contribution in [0.3, 0.4) is 0 Å². The molecule has 2 rings (SSSR count). The third-order valence-corrected chi connectivity index (χ3v) is 3.43. The molecule has 1 aliphatic rings. The predicted molar refractivity (Wildman–Crippen MR) is 86.1 cm³/mol. The zero-order valence-electron chi connectivity index (χ0n) is 13.3. The van der Waals surface area contributed by atoms with Crippen LogP contribution in [-0.4, -0.2) is 51.6 Å². The van der Waals surface area contributed by atoms with Crippen LogP contribution < -0.4 is 14.8 Å². The van der Waals surface area contributed by atoms with Gasteiger partial charge in [0.25, 0.3) is 0 Å². The largest absolute Gasteiger partial charge is 0.493 e. The number of nitrogens with one attached hydrogen (secondary N) is 1. The molecule has 0 aromatic heterocycles. The Bertz CT molecular complexity index is 572. The molecule has 0 unspecified atom stereocenters. The number of hydrogen-bond acceptors (Lipinski definition) is 5. The predicted octanol–water partition coefficient (Wildman–Crippen LogP) is 1.92. The molecule has 1 heterocycles. The minimum Gasteiger partial charge on any atom is -0.493 e. The van der Waals surface area contributed by atoms with Crippen molar-refractivity contribution >= 4 is 12.0 Å². The minimum atomic E-state index is 0.370. The molecule has 1 fully saturated rings. The normalized spacial score (nSPS) is 17.5. The molecule has 6 heteroatoms. The van der Waals surface area contributed by atoms with E-state index in [0.29, 0.717) is 35.4 Å². The number of nitrogens with zero attached hydrogens (tertiary/aromatic N) is 3. The van der Waals surface area contributed by atoms with Gasteiger partial charge in [-0.2, -0.15) is 5.26 Å². The molecule has 0 radical (unpaired) electrons. The molecule has 1 atom stereocenters. The molecule has 1 N–H and O–H groups in total. The van der Waals surface area contributed by atoms with E-state index in [1.54, 1.807) is 25.6 Å². The van der Waals surface area contributed by atoms with E-state index < -0.39 is 0 Å². The first-order valence-corrected chi connectivity index (χ1v) is 7.33. The summed E-state index contributed by atoms with van der Waals surface area (Å²) < 4.78 is 11.2. The highest BCUT2D eigenvalue weighted by atomic mass is 16.5. The molecule has 22 heavy (non-hydrogen) atoms. The molecule has 1 aromatic rings. The molecule has 0 saturated carbocycles. The van der Waals surface area contributed by atoms with Crippen LogP contribution in [0.15, 0.2) is 17.1 Å². The van der Waals surface area contributed by atoms with Crippen molar-refractivity contribution in [3.63, 3.8) is 0 Å². The first kappa shape index (κ1) is 16.1. The van der Waals surface area contributed by atoms with Gasteiger partial charge in [0, 0.05) is 32.3 Å². The van der Waals surface area contributed by atoms with E-state index >= 15 is 0 Å². The summed E-state index contributed by atoms with van der Waals surface area (Å²) in [5.41, 5.74) is 1.03. The van der Waals surface area contributed by atoms with Crippen molar-refractivity contribution in [2.45, 2.75) is 18.9 Å². The van der Waals surface area contributed by atoms with Crippen LogP contribution >= 0.6 is 0 Å². The molecule has 0 aliphatic carbocycles. The van der Waals surface area contributed by atoms with Crippen molar-refractivity contribution in [1.82, 2.24) is 10.2 Å². The monoisotopic (exact) mass is 302 g/mol. The fraction of sp³-hybridized carbons (Fsp3) is 0.500. The van der Waals surface area contributed by atoms with Crippen molar-refractivity contribution in [2.75, 3.05) is 34.4 Å². The quantitative estimate of drug-likeness (QED) is 0.642. The fourth-order valence-electron chi connectivity index (χ4n) is 2.28. The number of nitriles is 1. The van der Waals surface area contributed by atoms with Crippen LogP contribution in [0.1, 0.15) is 18.4 Å². The van der Waals surface area contributed by atoms with Crippen LogP contribution in [0.4, 0.5) is 5.69 Å². The van der Waals surface area contributed by atoms with E-state index in [1.165, 1.54) is 6.42 Å². The second kappa shape index (κ2) is 7.66. The summed E-state index contributed by atoms with van der Waals surface area (Å²) >= 11 is 0. The maximum atomic E-state index is 9.25. The average Bonchev–Trinajstić information content (AvgIpc) is 3.03. The van der Waals surface area contributed by atoms with Crippen LogP contribution in [0, 0.1) is 11.3 Å². The second-order valence-corrected chi connectivity index (χ2v) is 5.44. The third-order valence-electron chi connectivity index (χ3n) is 3.43. The summed E-state index contributed by atoms with van der Waals surface area (Å²) in [6.07, 6.45) is 3.95. The lowest BCUT2D eigenvalue weighted by Crippen LogP contribution is -2.28. The first-order chi connectivity index (χ1) is 10.6. The molecule has 6 nitrogen and oxygen atoms in total. The van der Waals surface area contributed by atoms with Gasteiger partial charge in [-0.25, -0.2) is 4.99 Å². The van der Waals surface area contributed by atoms with E-state index in [9.17, 15) is 5.26 Å². The first-order valence-electron chi connectivity index (χ1n) is 7.33. The molecule has 1 aliphatic heterocycles. The summed E-state index contributed by atoms with van der Waals surface area (Å²) in [6, 6.07) is 5.93. The number of benzene rings is 1. The highest BCUT2D eigenvalue weighted by Crippen LogP contribution is 2.35. The van der Waals surface area contributed by atoms with E-state index in [2.05, 4.69) is 16.4 Å². The smallest absolute Gasteiger partial charge is 0.163 e. The Kier molecular flexibility index (Phi) is 5.61. The van der Waals surface area contributed by atoms with E-state index in [-0.39, 0.29) is 0 Å². The van der Waals surface area contributed by atoms with Gasteiger partial charge in [0.15, 0.2) is 11.5 Å². The van der Waals surface area contributed by atoms with Gasteiger partial charge in [-0.3, -0.25) is 0 Å². The lowest BCUT2D eigenvalue weighted by Gasteiger charge is -2.15. The van der Waals surface area contributed by atoms with Crippen molar-refractivity contribution in [3.8, 4) is 17.6 Å². The zero-order chi connectivity index (χ0) is 15.9. The van der Waals surface area contributed by atoms with Crippen LogP contribution in [-0.2, 0) is 0 Å². The maximum absolute atomic E-state index is 9.25. The summed E-state index contributed by atoms with van der Waals surface area (Å²) in [5, 5.41) is 12.6. The summed E-state index contributed by atoms with van der Waals surface area (Å²) in [5.74, 6) is 1.17. The number of aliphatic imine (C=N–C) groups is 1. The van der Waals surface area contributed by atoms with Gasteiger partial charge in [-0.15, -0.1) is 0 Å². The van der Waals surface area contributed by atoms with Crippen molar-refractivity contribution in [2.24, 2.45) is 4.99 Å². The van der Waals surface area contributed by atoms with Gasteiger partial charge >= 0.3 is 0 Å². The highest BCUT2D eigenvalue weighted by molar-refractivity contribution is 5.68. The summed E-state index contributed by atoms with van der Waals surface area (Å²) in [6.45, 7) is 1.62. The lowest BCUT2D eigenvalue weighted by atomic mass is 10.1. The Morgan fingerprint density at radius 3 is 2.86 bits per heavy atom. The number of methoxy groups -OCH3 is 1. The molecular weight excluding hydrogens is 280 g/mol. The number of ether oxygens (including phenoxy) is 2. The van der Waals surface area contributed by atoms with E-state index in [0.717, 1.165) is 13.0 Å². The van der Waals surface area contributed by atoms with Gasteiger partial charge < -0.3 is 19.7 Å². The molecule has 0 bridgehead atoms. The Labute approximate surface area is 131 Å². The fourth-order valence-corrected chi connectivity index (χ4v) is 2.28. The van der Waals surface area contributed by atoms with E-state index in [4.69, 9.17) is 9.47 Å². The third kappa shape index (κ3) is 4.12.